The van der Waals surface area contributed by atoms with E-state index >= 15 is 0 Å². The Kier molecular flexibility index (Phi) is 6.36. The Morgan fingerprint density at radius 2 is 2.03 bits per heavy atom. The number of hydrogen-bond donors (Lipinski definition) is 2. The van der Waals surface area contributed by atoms with Gasteiger partial charge >= 0.3 is 0 Å². The van der Waals surface area contributed by atoms with Crippen LogP contribution in [0.2, 0.25) is 0 Å². The van der Waals surface area contributed by atoms with Crippen molar-refractivity contribution in [1.82, 2.24) is 20.2 Å². The Bertz CT molecular complexity index is 1000. The number of anilines is 1. The van der Waals surface area contributed by atoms with Crippen molar-refractivity contribution in [3.05, 3.63) is 57.5 Å². The maximum Gasteiger partial charge on any atom is 0.272 e. The van der Waals surface area contributed by atoms with E-state index in [1.165, 1.54) is 13.1 Å². The van der Waals surface area contributed by atoms with Gasteiger partial charge in [0.05, 0.1) is 11.9 Å². The molecule has 2 aromatic rings. The maximum absolute atomic E-state index is 14.3. The first-order valence-electron chi connectivity index (χ1n) is 11.1. The molecule has 1 atom stereocenters. The van der Waals surface area contributed by atoms with Gasteiger partial charge in [0.1, 0.15) is 0 Å². The summed E-state index contributed by atoms with van der Waals surface area (Å²) in [5, 5.41) is 2.40. The lowest BCUT2D eigenvalue weighted by Gasteiger charge is -2.37. The molecule has 0 aliphatic carbocycles. The van der Waals surface area contributed by atoms with Gasteiger partial charge in [-0.3, -0.25) is 14.5 Å². The number of carbonyl (C=O) groups is 1. The zero-order valence-corrected chi connectivity index (χ0v) is 18.2. The third-order valence-electron chi connectivity index (χ3n) is 6.67. The molecule has 2 fully saturated rings. The zero-order chi connectivity index (χ0) is 22.0. The van der Waals surface area contributed by atoms with Crippen molar-refractivity contribution < 1.29 is 9.18 Å². The summed E-state index contributed by atoms with van der Waals surface area (Å²) in [5.41, 5.74) is 2.46. The fourth-order valence-corrected chi connectivity index (χ4v) is 4.78. The van der Waals surface area contributed by atoms with Crippen molar-refractivity contribution in [2.45, 2.75) is 44.6 Å². The third-order valence-corrected chi connectivity index (χ3v) is 6.67. The van der Waals surface area contributed by atoms with Gasteiger partial charge in [0.25, 0.3) is 11.5 Å². The highest BCUT2D eigenvalue weighted by atomic mass is 19.1. The zero-order valence-electron chi connectivity index (χ0n) is 18.2. The second kappa shape index (κ2) is 9.18. The summed E-state index contributed by atoms with van der Waals surface area (Å²) in [6, 6.07) is 5.92. The van der Waals surface area contributed by atoms with Crippen molar-refractivity contribution in [3.8, 4) is 0 Å². The van der Waals surface area contributed by atoms with E-state index in [4.69, 9.17) is 0 Å². The largest absolute Gasteiger partial charge is 0.370 e. The fourth-order valence-electron chi connectivity index (χ4n) is 4.78. The molecule has 4 heterocycles. The van der Waals surface area contributed by atoms with E-state index in [2.05, 4.69) is 31.2 Å². The Hall–Kier alpha value is -2.74. The number of aryl methyl sites for hydroxylation is 1. The van der Waals surface area contributed by atoms with Gasteiger partial charge in [-0.25, -0.2) is 9.37 Å². The van der Waals surface area contributed by atoms with Crippen LogP contribution < -0.4 is 15.8 Å². The molecule has 0 bridgehead atoms. The maximum atomic E-state index is 14.3. The molecule has 1 amide bonds. The number of aromatic nitrogens is 2. The van der Waals surface area contributed by atoms with Gasteiger partial charge in [-0.05, 0) is 38.3 Å². The number of aromatic amines is 1. The molecule has 1 unspecified atom stereocenters. The number of hydrogen-bond acceptors (Lipinski definition) is 5. The predicted octanol–water partition coefficient (Wildman–Crippen LogP) is 2.29. The molecule has 31 heavy (non-hydrogen) atoms. The minimum Gasteiger partial charge on any atom is -0.370 e. The van der Waals surface area contributed by atoms with Gasteiger partial charge in [0.15, 0.2) is 11.5 Å². The Balaban J connectivity index is 1.34. The monoisotopic (exact) mass is 427 g/mol. The minimum absolute atomic E-state index is 0.0371. The van der Waals surface area contributed by atoms with Crippen molar-refractivity contribution in [3.63, 3.8) is 0 Å². The molecule has 0 saturated carbocycles. The molecular weight excluding hydrogens is 397 g/mol. The number of halogens is 1. The number of nitrogens with one attached hydrogen (secondary N) is 2. The second-order valence-corrected chi connectivity index (χ2v) is 8.42. The van der Waals surface area contributed by atoms with Crippen LogP contribution in [-0.2, 0) is 6.42 Å². The highest BCUT2D eigenvalue weighted by Crippen LogP contribution is 2.31. The quantitative estimate of drug-likeness (QED) is 0.765. The smallest absolute Gasteiger partial charge is 0.272 e. The number of pyridine rings is 2. The number of rotatable bonds is 5. The SMILES string of the molecule is CCc1ccc(C2CCN(C3CCN(c4cnc(C(=O)NC)c(F)c4)CC3)C2)[nH]c1=O. The lowest BCUT2D eigenvalue weighted by atomic mass is 10.0. The van der Waals surface area contributed by atoms with E-state index in [1.54, 1.807) is 6.20 Å². The van der Waals surface area contributed by atoms with Crippen LogP contribution in [0, 0.1) is 5.82 Å². The van der Waals surface area contributed by atoms with Crippen LogP contribution in [0.3, 0.4) is 0 Å². The Morgan fingerprint density at radius 3 is 2.68 bits per heavy atom. The summed E-state index contributed by atoms with van der Waals surface area (Å²) < 4.78 is 14.3. The van der Waals surface area contributed by atoms with Crippen LogP contribution in [0.15, 0.2) is 29.2 Å². The highest BCUT2D eigenvalue weighted by molar-refractivity contribution is 5.92. The number of likely N-dealkylation sites (tertiary alicyclic amines) is 1. The first-order valence-corrected chi connectivity index (χ1v) is 11.1. The van der Waals surface area contributed by atoms with Crippen molar-refractivity contribution in [2.75, 3.05) is 38.1 Å². The number of H-pyrrole nitrogens is 1. The first kappa shape index (κ1) is 21.5. The molecule has 2 aromatic heterocycles. The number of carbonyl (C=O) groups excluding carboxylic acids is 1. The van der Waals surface area contributed by atoms with E-state index in [0.717, 1.165) is 68.8 Å². The molecule has 2 aliphatic rings. The van der Waals surface area contributed by atoms with Gasteiger partial charge in [0, 0.05) is 56.0 Å². The van der Waals surface area contributed by atoms with E-state index in [0.29, 0.717) is 12.0 Å². The Labute approximate surface area is 181 Å². The average Bonchev–Trinajstić information content (AvgIpc) is 3.29. The van der Waals surface area contributed by atoms with E-state index < -0.39 is 11.7 Å². The molecule has 0 radical (unpaired) electrons. The van der Waals surface area contributed by atoms with Crippen molar-refractivity contribution >= 4 is 11.6 Å². The second-order valence-electron chi connectivity index (χ2n) is 8.42. The number of amides is 1. The minimum atomic E-state index is -0.593. The molecule has 2 aliphatic heterocycles. The third kappa shape index (κ3) is 4.49. The van der Waals surface area contributed by atoms with Crippen LogP contribution in [-0.4, -0.2) is 60.0 Å². The topological polar surface area (TPSA) is 81.3 Å². The van der Waals surface area contributed by atoms with E-state index in [9.17, 15) is 14.0 Å². The highest BCUT2D eigenvalue weighted by Gasteiger charge is 2.32. The van der Waals surface area contributed by atoms with Crippen molar-refractivity contribution in [1.29, 1.82) is 0 Å². The summed E-state index contributed by atoms with van der Waals surface area (Å²) in [7, 11) is 1.46. The van der Waals surface area contributed by atoms with E-state index in [-0.39, 0.29) is 11.3 Å². The molecule has 4 rings (SSSR count). The fraction of sp³-hybridized carbons (Fsp3) is 0.522. The van der Waals surface area contributed by atoms with Crippen LogP contribution in [0.4, 0.5) is 10.1 Å². The van der Waals surface area contributed by atoms with E-state index in [1.807, 2.05) is 13.0 Å². The summed E-state index contributed by atoms with van der Waals surface area (Å²) in [5.74, 6) is -0.742. The van der Waals surface area contributed by atoms with Crippen LogP contribution >= 0.6 is 0 Å². The van der Waals surface area contributed by atoms with Gasteiger partial charge in [-0.15, -0.1) is 0 Å². The van der Waals surface area contributed by atoms with Crippen LogP contribution in [0.25, 0.3) is 0 Å². The summed E-state index contributed by atoms with van der Waals surface area (Å²) in [4.78, 5) is 35.6. The summed E-state index contributed by atoms with van der Waals surface area (Å²) in [6.45, 7) is 5.64. The number of piperidine rings is 1. The molecule has 0 spiro atoms. The van der Waals surface area contributed by atoms with Crippen molar-refractivity contribution in [2.24, 2.45) is 0 Å². The molecule has 0 aromatic carbocycles. The first-order chi connectivity index (χ1) is 15.0. The standard InChI is InChI=1S/C23H30FN5O2/c1-3-15-4-5-20(27-22(15)30)16-6-9-29(14-16)17-7-10-28(11-8-17)18-12-19(24)21(26-13-18)23(31)25-2/h4-5,12-13,16-17H,3,6-11,14H2,1-2H3,(H,25,31)(H,27,30). The Morgan fingerprint density at radius 1 is 1.26 bits per heavy atom. The summed E-state index contributed by atoms with van der Waals surface area (Å²) in [6.07, 6.45) is 5.38. The summed E-state index contributed by atoms with van der Waals surface area (Å²) >= 11 is 0. The molecular formula is C23H30FN5O2. The molecule has 7 nitrogen and oxygen atoms in total. The van der Waals surface area contributed by atoms with Gasteiger partial charge in [-0.1, -0.05) is 13.0 Å². The van der Waals surface area contributed by atoms with Gasteiger partial charge in [-0.2, -0.15) is 0 Å². The molecule has 166 valence electrons. The lowest BCUT2D eigenvalue weighted by molar-refractivity contribution is 0.0953. The van der Waals surface area contributed by atoms with Crippen LogP contribution in [0.5, 0.6) is 0 Å². The molecule has 2 N–H and O–H groups in total. The number of nitrogens with zero attached hydrogens (tertiary/aromatic N) is 3. The predicted molar refractivity (Wildman–Crippen MR) is 118 cm³/mol. The van der Waals surface area contributed by atoms with Gasteiger partial charge in [0.2, 0.25) is 0 Å². The van der Waals surface area contributed by atoms with Crippen LogP contribution in [0.1, 0.15) is 53.8 Å². The lowest BCUT2D eigenvalue weighted by Crippen LogP contribution is -2.44. The normalized spacial score (nSPS) is 20.2. The van der Waals surface area contributed by atoms with Gasteiger partial charge < -0.3 is 15.2 Å². The molecule has 2 saturated heterocycles. The molecule has 8 heteroatoms. The average molecular weight is 428 g/mol.